The van der Waals surface area contributed by atoms with E-state index in [1.165, 1.54) is 11.3 Å². The van der Waals surface area contributed by atoms with Crippen LogP contribution in [0.1, 0.15) is 26.3 Å². The summed E-state index contributed by atoms with van der Waals surface area (Å²) in [5.41, 5.74) is 2.52. The van der Waals surface area contributed by atoms with Gasteiger partial charge in [-0.2, -0.15) is 0 Å². The van der Waals surface area contributed by atoms with Crippen LogP contribution in [0.3, 0.4) is 0 Å². The largest absolute Gasteiger partial charge is 0.395 e. The Morgan fingerprint density at radius 3 is 2.24 bits per heavy atom. The number of aliphatic hydroxyl groups is 1. The lowest BCUT2D eigenvalue weighted by atomic mass is 10.2. The van der Waals surface area contributed by atoms with Gasteiger partial charge < -0.3 is 15.3 Å². The highest BCUT2D eigenvalue weighted by Gasteiger charge is 2.02. The van der Waals surface area contributed by atoms with Gasteiger partial charge in [0.25, 0.3) is 0 Å². The Labute approximate surface area is 104 Å². The van der Waals surface area contributed by atoms with Crippen LogP contribution in [0.25, 0.3) is 0 Å². The number of benzene rings is 1. The monoisotopic (exact) mass is 236 g/mol. The third-order valence-electron chi connectivity index (χ3n) is 2.99. The van der Waals surface area contributed by atoms with Crippen molar-refractivity contribution in [1.82, 2.24) is 5.32 Å². The molecule has 0 bridgehead atoms. The van der Waals surface area contributed by atoms with Gasteiger partial charge in [0.15, 0.2) is 0 Å². The van der Waals surface area contributed by atoms with E-state index in [1.807, 2.05) is 6.92 Å². The molecule has 0 spiro atoms. The van der Waals surface area contributed by atoms with Crippen LogP contribution < -0.4 is 10.2 Å². The minimum Gasteiger partial charge on any atom is -0.395 e. The minimum absolute atomic E-state index is 0.150. The van der Waals surface area contributed by atoms with Gasteiger partial charge in [-0.25, -0.2) is 0 Å². The molecule has 0 aliphatic carbocycles. The zero-order valence-electron chi connectivity index (χ0n) is 11.1. The molecular formula is C14H24N2O. The lowest BCUT2D eigenvalue weighted by molar-refractivity contribution is 0.251. The second-order valence-electron chi connectivity index (χ2n) is 4.30. The standard InChI is InChI=1S/C14H24N2O/c1-4-16(5-2)14-8-6-13(7-9-14)10-15-12(3)11-17/h6-9,12,15,17H,4-5,10-11H2,1-3H3. The molecule has 1 rings (SSSR count). The molecule has 0 aliphatic rings. The molecule has 0 saturated heterocycles. The number of nitrogens with zero attached hydrogens (tertiary/aromatic N) is 1. The second-order valence-corrected chi connectivity index (χ2v) is 4.30. The first-order valence-corrected chi connectivity index (χ1v) is 6.39. The maximum Gasteiger partial charge on any atom is 0.0582 e. The second kappa shape index (κ2) is 7.30. The summed E-state index contributed by atoms with van der Waals surface area (Å²) in [4.78, 5) is 2.33. The quantitative estimate of drug-likeness (QED) is 0.760. The molecule has 3 nitrogen and oxygen atoms in total. The summed E-state index contributed by atoms with van der Waals surface area (Å²) in [5.74, 6) is 0. The van der Waals surface area contributed by atoms with Crippen LogP contribution in [0.15, 0.2) is 24.3 Å². The van der Waals surface area contributed by atoms with E-state index in [0.29, 0.717) is 0 Å². The van der Waals surface area contributed by atoms with Crippen molar-refractivity contribution in [2.75, 3.05) is 24.6 Å². The molecule has 3 heteroatoms. The number of nitrogens with one attached hydrogen (secondary N) is 1. The number of rotatable bonds is 7. The highest BCUT2D eigenvalue weighted by atomic mass is 16.3. The van der Waals surface area contributed by atoms with Gasteiger partial charge >= 0.3 is 0 Å². The van der Waals surface area contributed by atoms with Gasteiger partial charge in [0.05, 0.1) is 6.61 Å². The van der Waals surface area contributed by atoms with E-state index in [1.54, 1.807) is 0 Å². The molecule has 0 saturated carbocycles. The molecule has 0 amide bonds. The SMILES string of the molecule is CCN(CC)c1ccc(CNC(C)CO)cc1. The summed E-state index contributed by atoms with van der Waals surface area (Å²) >= 11 is 0. The summed E-state index contributed by atoms with van der Waals surface area (Å²) in [7, 11) is 0. The average Bonchev–Trinajstić information content (AvgIpc) is 2.38. The molecule has 0 heterocycles. The van der Waals surface area contributed by atoms with Crippen LogP contribution in [-0.2, 0) is 6.54 Å². The van der Waals surface area contributed by atoms with Crippen LogP contribution in [0.5, 0.6) is 0 Å². The predicted octanol–water partition coefficient (Wildman–Crippen LogP) is 2.00. The van der Waals surface area contributed by atoms with Crippen molar-refractivity contribution >= 4 is 5.69 Å². The zero-order valence-corrected chi connectivity index (χ0v) is 11.1. The Morgan fingerprint density at radius 1 is 1.18 bits per heavy atom. The van der Waals surface area contributed by atoms with Crippen molar-refractivity contribution in [2.24, 2.45) is 0 Å². The lowest BCUT2D eigenvalue weighted by Crippen LogP contribution is -2.28. The number of anilines is 1. The van der Waals surface area contributed by atoms with Gasteiger partial charge in [-0.1, -0.05) is 12.1 Å². The van der Waals surface area contributed by atoms with Gasteiger partial charge in [-0.05, 0) is 38.5 Å². The zero-order chi connectivity index (χ0) is 12.7. The van der Waals surface area contributed by atoms with Crippen molar-refractivity contribution in [3.05, 3.63) is 29.8 Å². The van der Waals surface area contributed by atoms with E-state index in [4.69, 9.17) is 5.11 Å². The molecule has 0 radical (unpaired) electrons. The van der Waals surface area contributed by atoms with E-state index in [9.17, 15) is 0 Å². The Hall–Kier alpha value is -1.06. The molecule has 1 unspecified atom stereocenters. The maximum absolute atomic E-state index is 8.92. The average molecular weight is 236 g/mol. The molecule has 1 aromatic carbocycles. The summed E-state index contributed by atoms with van der Waals surface area (Å²) in [6, 6.07) is 8.76. The lowest BCUT2D eigenvalue weighted by Gasteiger charge is -2.21. The predicted molar refractivity (Wildman–Crippen MR) is 73.4 cm³/mol. The fourth-order valence-electron chi connectivity index (χ4n) is 1.77. The first kappa shape index (κ1) is 14.0. The fraction of sp³-hybridized carbons (Fsp3) is 0.571. The molecular weight excluding hydrogens is 212 g/mol. The van der Waals surface area contributed by atoms with Crippen molar-refractivity contribution in [1.29, 1.82) is 0 Å². The van der Waals surface area contributed by atoms with Gasteiger partial charge in [0, 0.05) is 31.4 Å². The molecule has 0 aromatic heterocycles. The molecule has 96 valence electrons. The van der Waals surface area contributed by atoms with Crippen LogP contribution in [-0.4, -0.2) is 30.8 Å². The molecule has 1 atom stereocenters. The van der Waals surface area contributed by atoms with Crippen LogP contribution in [0.4, 0.5) is 5.69 Å². The van der Waals surface area contributed by atoms with E-state index in [-0.39, 0.29) is 12.6 Å². The third kappa shape index (κ3) is 4.36. The Morgan fingerprint density at radius 2 is 1.76 bits per heavy atom. The number of aliphatic hydroxyl groups excluding tert-OH is 1. The van der Waals surface area contributed by atoms with Gasteiger partial charge in [-0.3, -0.25) is 0 Å². The molecule has 2 N–H and O–H groups in total. The topological polar surface area (TPSA) is 35.5 Å². The van der Waals surface area contributed by atoms with Crippen molar-refractivity contribution in [3.8, 4) is 0 Å². The smallest absolute Gasteiger partial charge is 0.0582 e. The van der Waals surface area contributed by atoms with Crippen molar-refractivity contribution in [3.63, 3.8) is 0 Å². The maximum atomic E-state index is 8.92. The number of hydrogen-bond donors (Lipinski definition) is 2. The normalized spacial score (nSPS) is 12.5. The molecule has 17 heavy (non-hydrogen) atoms. The summed E-state index contributed by atoms with van der Waals surface area (Å²) in [5, 5.41) is 12.2. The summed E-state index contributed by atoms with van der Waals surface area (Å²) in [6.07, 6.45) is 0. The summed E-state index contributed by atoms with van der Waals surface area (Å²) < 4.78 is 0. The highest BCUT2D eigenvalue weighted by molar-refractivity contribution is 5.47. The van der Waals surface area contributed by atoms with E-state index in [2.05, 4.69) is 48.3 Å². The van der Waals surface area contributed by atoms with Crippen LogP contribution in [0, 0.1) is 0 Å². The van der Waals surface area contributed by atoms with E-state index < -0.39 is 0 Å². The van der Waals surface area contributed by atoms with Gasteiger partial charge in [0.2, 0.25) is 0 Å². The van der Waals surface area contributed by atoms with Gasteiger partial charge in [0.1, 0.15) is 0 Å². The number of hydrogen-bond acceptors (Lipinski definition) is 3. The van der Waals surface area contributed by atoms with Crippen LogP contribution in [0.2, 0.25) is 0 Å². The third-order valence-corrected chi connectivity index (χ3v) is 2.99. The highest BCUT2D eigenvalue weighted by Crippen LogP contribution is 2.14. The molecule has 0 aliphatic heterocycles. The van der Waals surface area contributed by atoms with Crippen molar-refractivity contribution < 1.29 is 5.11 Å². The minimum atomic E-state index is 0.150. The molecule has 0 fully saturated rings. The fourth-order valence-corrected chi connectivity index (χ4v) is 1.77. The first-order valence-electron chi connectivity index (χ1n) is 6.39. The Kier molecular flexibility index (Phi) is 6.01. The molecule has 1 aromatic rings. The first-order chi connectivity index (χ1) is 8.21. The van der Waals surface area contributed by atoms with Crippen LogP contribution >= 0.6 is 0 Å². The van der Waals surface area contributed by atoms with Crippen molar-refractivity contribution in [2.45, 2.75) is 33.4 Å². The van der Waals surface area contributed by atoms with E-state index >= 15 is 0 Å². The Bertz CT molecular complexity index is 307. The summed E-state index contributed by atoms with van der Waals surface area (Å²) in [6.45, 7) is 9.37. The Balaban J connectivity index is 2.55. The van der Waals surface area contributed by atoms with Gasteiger partial charge in [-0.15, -0.1) is 0 Å². The van der Waals surface area contributed by atoms with E-state index in [0.717, 1.165) is 19.6 Å².